The van der Waals surface area contributed by atoms with Gasteiger partial charge in [-0.1, -0.05) is 34.3 Å². The van der Waals surface area contributed by atoms with E-state index in [9.17, 15) is 34.8 Å². The van der Waals surface area contributed by atoms with Crippen LogP contribution in [0.3, 0.4) is 0 Å². The third-order valence-corrected chi connectivity index (χ3v) is 14.2. The van der Waals surface area contributed by atoms with Gasteiger partial charge in [-0.15, -0.1) is 0 Å². The molecule has 2 aliphatic heterocycles. The van der Waals surface area contributed by atoms with Crippen molar-refractivity contribution in [2.45, 2.75) is 110 Å². The average Bonchev–Trinajstić information content (AvgIpc) is 3.61. The van der Waals surface area contributed by atoms with E-state index in [1.165, 1.54) is 13.8 Å². The predicted molar refractivity (Wildman–Crippen MR) is 155 cm³/mol. The molecule has 4 saturated carbocycles. The summed E-state index contributed by atoms with van der Waals surface area (Å²) in [6.07, 6.45) is -3.92. The van der Waals surface area contributed by atoms with Gasteiger partial charge in [-0.05, 0) is 43.6 Å². The number of Topliss-reactive ketones (excluding diaryl/α,β-unsaturated/α-hetero) is 1. The predicted octanol–water partition coefficient (Wildman–Crippen LogP) is 1.65. The molecule has 2 heterocycles. The van der Waals surface area contributed by atoms with Crippen molar-refractivity contribution in [1.82, 2.24) is 0 Å². The minimum atomic E-state index is -2.11. The monoisotopic (exact) mass is 630 g/mol. The largest absolute Gasteiger partial charge is 0.463 e. The summed E-state index contributed by atoms with van der Waals surface area (Å²) < 4.78 is 24.0. The van der Waals surface area contributed by atoms with Crippen molar-refractivity contribution in [2.75, 3.05) is 0 Å². The quantitative estimate of drug-likeness (QED) is 0.258. The lowest BCUT2D eigenvalue weighted by molar-refractivity contribution is -0.281. The van der Waals surface area contributed by atoms with Gasteiger partial charge in [0.05, 0.1) is 17.6 Å². The number of esters is 2. The molecule has 0 spiro atoms. The van der Waals surface area contributed by atoms with Gasteiger partial charge in [0.15, 0.2) is 5.78 Å². The summed E-state index contributed by atoms with van der Waals surface area (Å²) in [5, 5.41) is 49.0. The van der Waals surface area contributed by atoms with Gasteiger partial charge in [-0.3, -0.25) is 14.4 Å². The van der Waals surface area contributed by atoms with E-state index in [-0.39, 0.29) is 24.0 Å². The number of allylic oxidation sites excluding steroid dienone is 1. The molecule has 11 nitrogen and oxygen atoms in total. The highest BCUT2D eigenvalue weighted by Gasteiger charge is 2.84. The van der Waals surface area contributed by atoms with Crippen LogP contribution in [0.5, 0.6) is 0 Å². The first-order valence-corrected chi connectivity index (χ1v) is 16.2. The zero-order chi connectivity index (χ0) is 33.1. The molecule has 6 fully saturated rings. The zero-order valence-electron chi connectivity index (χ0n) is 27.1. The molecular weight excluding hydrogens is 584 g/mol. The number of carbonyl (C=O) groups excluding carboxylic acids is 3. The van der Waals surface area contributed by atoms with Gasteiger partial charge in [0.25, 0.3) is 0 Å². The maximum Gasteiger partial charge on any atom is 0.303 e. The number of epoxide rings is 1. The van der Waals surface area contributed by atoms with Crippen LogP contribution in [0.4, 0.5) is 0 Å². The molecule has 7 aliphatic rings. The number of carbonyl (C=O) groups is 3. The molecule has 11 heteroatoms. The van der Waals surface area contributed by atoms with Gasteiger partial charge in [0.1, 0.15) is 47.1 Å². The van der Waals surface area contributed by atoms with Crippen molar-refractivity contribution in [3.8, 4) is 0 Å². The van der Waals surface area contributed by atoms with E-state index in [1.807, 2.05) is 33.8 Å². The van der Waals surface area contributed by atoms with Gasteiger partial charge in [0.2, 0.25) is 0 Å². The van der Waals surface area contributed by atoms with Gasteiger partial charge >= 0.3 is 11.9 Å². The Hall–Kier alpha value is -2.31. The van der Waals surface area contributed by atoms with Crippen LogP contribution in [0, 0.1) is 57.7 Å². The van der Waals surface area contributed by atoms with Crippen molar-refractivity contribution in [1.29, 1.82) is 0 Å². The average molecular weight is 631 g/mol. The summed E-state index contributed by atoms with van der Waals surface area (Å²) in [7, 11) is 0. The van der Waals surface area contributed by atoms with Crippen LogP contribution in [0.1, 0.15) is 61.8 Å². The third-order valence-electron chi connectivity index (χ3n) is 14.2. The number of aliphatic hydroxyl groups excluding tert-OH is 2. The van der Waals surface area contributed by atoms with E-state index in [0.29, 0.717) is 5.76 Å². The SMILES string of the molecule is C=C1OC2=C[C@@H](C)[C@H]3[C@@H]([C@H](O)[C@H]4[C@H]5C([C@H](C)[C@H](OC(C)=O)[C@]34C)[C@@]3(C)[C@@H](OC(C)=O)[C@H]4O[C@H]4C[C@]3(O)C(=O)[C@@H]5O)[C@@]2(C)[C@]1(C)O. The minimum absolute atomic E-state index is 0.0730. The molecule has 0 aromatic heterocycles. The van der Waals surface area contributed by atoms with Crippen molar-refractivity contribution < 1.29 is 53.8 Å². The van der Waals surface area contributed by atoms with Gasteiger partial charge in [-0.25, -0.2) is 0 Å². The first-order chi connectivity index (χ1) is 20.7. The summed E-state index contributed by atoms with van der Waals surface area (Å²) in [5.74, 6) is -5.59. The topological polar surface area (TPSA) is 172 Å². The fourth-order valence-electron chi connectivity index (χ4n) is 12.3. The smallest absolute Gasteiger partial charge is 0.303 e. The minimum Gasteiger partial charge on any atom is -0.463 e. The molecule has 45 heavy (non-hydrogen) atoms. The molecule has 0 radical (unpaired) electrons. The Labute approximate surface area is 262 Å². The molecule has 2 saturated heterocycles. The number of aliphatic hydroxyl groups is 4. The summed E-state index contributed by atoms with van der Waals surface area (Å²) in [4.78, 5) is 39.7. The highest BCUT2D eigenvalue weighted by molar-refractivity contribution is 5.94. The van der Waals surface area contributed by atoms with Crippen molar-refractivity contribution in [2.24, 2.45) is 57.7 Å². The zero-order valence-corrected chi connectivity index (χ0v) is 27.1. The number of hydrogen-bond donors (Lipinski definition) is 4. The van der Waals surface area contributed by atoms with E-state index in [0.717, 1.165) is 0 Å². The second kappa shape index (κ2) is 8.98. The van der Waals surface area contributed by atoms with E-state index in [1.54, 1.807) is 13.8 Å². The maximum atomic E-state index is 14.3. The normalized spacial score (nSPS) is 58.8. The number of fused-ring (bicyclic) bond motifs is 10. The molecule has 18 atom stereocenters. The molecule has 248 valence electrons. The van der Waals surface area contributed by atoms with Crippen LogP contribution < -0.4 is 0 Å². The number of hydrogen-bond acceptors (Lipinski definition) is 11. The van der Waals surface area contributed by atoms with Crippen LogP contribution in [-0.4, -0.2) is 86.0 Å². The Morgan fingerprint density at radius 2 is 1.56 bits per heavy atom. The van der Waals surface area contributed by atoms with Crippen molar-refractivity contribution in [3.63, 3.8) is 0 Å². The molecule has 7 rings (SSSR count). The highest BCUT2D eigenvalue weighted by Crippen LogP contribution is 2.76. The molecular formula is C34H46O11. The van der Waals surface area contributed by atoms with Gasteiger partial charge < -0.3 is 39.4 Å². The first-order valence-electron chi connectivity index (χ1n) is 16.2. The lowest BCUT2D eigenvalue weighted by Gasteiger charge is -2.67. The Balaban J connectivity index is 1.47. The standard InChI is InChI=1S/C34H46O11/c1-12-10-18-31(7,33(9,40)14(3)42-18)23-20(12)30(6)22(25(23)38)19-21(13(2)28(30)43-15(4)35)32(8)29(44-16(5)36)26-17(45-26)11-34(32,41)27(39)24(19)37/h10,12-13,17,19-26,28-29,37-38,40-41H,3,11H2,1-2,4-9H3/t12-,13+,17+,19-,20+,21?,22-,23+,24-,25-,26+,28+,29+,30-,31+,32+,33-,34+/m1/s1. The van der Waals surface area contributed by atoms with Crippen LogP contribution in [0.25, 0.3) is 0 Å². The molecule has 4 N–H and O–H groups in total. The summed E-state index contributed by atoms with van der Waals surface area (Å²) >= 11 is 0. The van der Waals surface area contributed by atoms with Crippen LogP contribution in [-0.2, 0) is 33.3 Å². The van der Waals surface area contributed by atoms with E-state index < -0.39 is 111 Å². The van der Waals surface area contributed by atoms with E-state index >= 15 is 0 Å². The van der Waals surface area contributed by atoms with Crippen LogP contribution >= 0.6 is 0 Å². The molecule has 0 amide bonds. The Morgan fingerprint density at radius 3 is 2.16 bits per heavy atom. The molecule has 0 bridgehead atoms. The maximum absolute atomic E-state index is 14.3. The number of ketones is 1. The molecule has 5 aliphatic carbocycles. The Morgan fingerprint density at radius 1 is 0.956 bits per heavy atom. The number of rotatable bonds is 2. The first kappa shape index (κ1) is 31.3. The van der Waals surface area contributed by atoms with Gasteiger partial charge in [0, 0.05) is 48.9 Å². The highest BCUT2D eigenvalue weighted by atomic mass is 16.6. The summed E-state index contributed by atoms with van der Waals surface area (Å²) in [5.41, 5.74) is -7.27. The summed E-state index contributed by atoms with van der Waals surface area (Å²) in [6.45, 7) is 17.6. The van der Waals surface area contributed by atoms with Crippen LogP contribution in [0.2, 0.25) is 0 Å². The number of ether oxygens (including phenoxy) is 4. The third kappa shape index (κ3) is 3.32. The van der Waals surface area contributed by atoms with Crippen molar-refractivity contribution >= 4 is 17.7 Å². The Kier molecular flexibility index (Phi) is 6.24. The van der Waals surface area contributed by atoms with Crippen molar-refractivity contribution in [3.05, 3.63) is 24.2 Å². The second-order valence-corrected chi connectivity index (χ2v) is 15.9. The molecule has 0 aromatic rings. The fraction of sp³-hybridized carbons (Fsp3) is 0.794. The lowest BCUT2D eigenvalue weighted by atomic mass is 9.38. The lowest BCUT2D eigenvalue weighted by Crippen LogP contribution is -2.78. The van der Waals surface area contributed by atoms with E-state index in [4.69, 9.17) is 18.9 Å². The van der Waals surface area contributed by atoms with E-state index in [2.05, 4.69) is 6.58 Å². The van der Waals surface area contributed by atoms with Crippen LogP contribution in [0.15, 0.2) is 24.2 Å². The Bertz CT molecular complexity index is 1440. The fourth-order valence-corrected chi connectivity index (χ4v) is 12.3. The van der Waals surface area contributed by atoms with Gasteiger partial charge in [-0.2, -0.15) is 0 Å². The summed E-state index contributed by atoms with van der Waals surface area (Å²) in [6, 6.07) is 0. The molecule has 0 aromatic carbocycles. The molecule has 1 unspecified atom stereocenters. The second-order valence-electron chi connectivity index (χ2n) is 15.9.